The number of carbonyl (C=O) groups excluding carboxylic acids is 4. The molecule has 0 aliphatic carbocycles. The van der Waals surface area contributed by atoms with Crippen molar-refractivity contribution in [3.63, 3.8) is 0 Å². The molecule has 0 bridgehead atoms. The van der Waals surface area contributed by atoms with Gasteiger partial charge in [0.25, 0.3) is 0 Å². The molecule has 0 aromatic heterocycles. The molecule has 4 atom stereocenters. The number of methoxy groups -OCH3 is 1. The Morgan fingerprint density at radius 1 is 0.842 bits per heavy atom. The second-order valence-electron chi connectivity index (χ2n) is 9.55. The smallest absolute Gasteiger partial charge is 0.243 e. The molecule has 4 rings (SSSR count). The summed E-state index contributed by atoms with van der Waals surface area (Å²) >= 11 is 0. The fourth-order valence-corrected chi connectivity index (χ4v) is 4.07. The van der Waals surface area contributed by atoms with Gasteiger partial charge >= 0.3 is 0 Å². The summed E-state index contributed by atoms with van der Waals surface area (Å²) in [6, 6.07) is 13.8. The maximum Gasteiger partial charge on any atom is 0.243 e. The molecule has 0 radical (unpaired) electrons. The van der Waals surface area contributed by atoms with E-state index in [0.717, 1.165) is 11.1 Å². The summed E-state index contributed by atoms with van der Waals surface area (Å²) in [5.41, 5.74) is 1.67. The number of Topliss-reactive ketones (excluding diaryl/α,β-unsaturated/α-hetero) is 1. The van der Waals surface area contributed by atoms with Crippen molar-refractivity contribution < 1.29 is 33.4 Å². The van der Waals surface area contributed by atoms with Crippen LogP contribution in [0.4, 0.5) is 0 Å². The van der Waals surface area contributed by atoms with Gasteiger partial charge in [-0.15, -0.1) is 0 Å². The molecule has 0 unspecified atom stereocenters. The van der Waals surface area contributed by atoms with Gasteiger partial charge in [-0.2, -0.15) is 0 Å². The summed E-state index contributed by atoms with van der Waals surface area (Å²) in [6.07, 6.45) is -0.0701. The molecule has 2 aromatic carbocycles. The molecule has 2 aromatic rings. The third kappa shape index (κ3) is 7.39. The Kier molecular flexibility index (Phi) is 9.09. The number of epoxide rings is 1. The van der Waals surface area contributed by atoms with Crippen molar-refractivity contribution in [1.82, 2.24) is 16.0 Å². The van der Waals surface area contributed by atoms with E-state index >= 15 is 0 Å². The SMILES string of the molecule is COc1ccc(C[C@H](NC(=O)[C@H](C)NC(=O)C2COC2)C(=O)N[C@@H](Cc2ccccc2)C(=O)[C@H]2CO2)cc1. The lowest BCUT2D eigenvalue weighted by Gasteiger charge is -2.27. The lowest BCUT2D eigenvalue weighted by molar-refractivity contribution is -0.141. The first-order valence-corrected chi connectivity index (χ1v) is 12.6. The standard InChI is InChI=1S/C28H33N3O7/c1-17(29-27(34)20-14-37-15-20)26(33)31-23(13-19-8-10-21(36-2)11-9-19)28(35)30-22(25(32)24-16-38-24)12-18-6-4-3-5-7-18/h3-11,17,20,22-24H,12-16H2,1-2H3,(H,29,34)(H,30,35)(H,31,33)/t17-,22-,23-,24+/m0/s1. The zero-order valence-corrected chi connectivity index (χ0v) is 21.5. The van der Waals surface area contributed by atoms with Gasteiger partial charge in [0.2, 0.25) is 17.7 Å². The van der Waals surface area contributed by atoms with E-state index in [0.29, 0.717) is 32.0 Å². The van der Waals surface area contributed by atoms with Gasteiger partial charge < -0.3 is 30.2 Å². The molecule has 2 aliphatic rings. The Morgan fingerprint density at radius 3 is 2.03 bits per heavy atom. The molecule has 0 spiro atoms. The Balaban J connectivity index is 1.48. The molecule has 3 N–H and O–H groups in total. The summed E-state index contributed by atoms with van der Waals surface area (Å²) in [5, 5.41) is 8.27. The fourth-order valence-electron chi connectivity index (χ4n) is 4.07. The van der Waals surface area contributed by atoms with E-state index < -0.39 is 36.0 Å². The highest BCUT2D eigenvalue weighted by molar-refractivity contribution is 5.96. The first kappa shape index (κ1) is 27.3. The predicted molar refractivity (Wildman–Crippen MR) is 137 cm³/mol. The van der Waals surface area contributed by atoms with Gasteiger partial charge in [-0.1, -0.05) is 42.5 Å². The van der Waals surface area contributed by atoms with E-state index in [-0.39, 0.29) is 24.0 Å². The van der Waals surface area contributed by atoms with Crippen LogP contribution in [-0.4, -0.2) is 74.7 Å². The number of amides is 3. The molecule has 0 saturated carbocycles. The Morgan fingerprint density at radius 2 is 1.45 bits per heavy atom. The van der Waals surface area contributed by atoms with Crippen LogP contribution in [0.5, 0.6) is 5.75 Å². The number of ketones is 1. The fraction of sp³-hybridized carbons (Fsp3) is 0.429. The highest BCUT2D eigenvalue weighted by atomic mass is 16.6. The number of ether oxygens (including phenoxy) is 3. The van der Waals surface area contributed by atoms with E-state index in [9.17, 15) is 19.2 Å². The molecule has 10 heteroatoms. The van der Waals surface area contributed by atoms with Gasteiger partial charge in [-0.25, -0.2) is 0 Å². The van der Waals surface area contributed by atoms with Crippen molar-refractivity contribution in [3.8, 4) is 5.75 Å². The van der Waals surface area contributed by atoms with Crippen LogP contribution >= 0.6 is 0 Å². The number of carbonyl (C=O) groups is 4. The second kappa shape index (κ2) is 12.7. The molecule has 2 heterocycles. The minimum atomic E-state index is -0.992. The lowest BCUT2D eigenvalue weighted by Crippen LogP contribution is -2.57. The molecular weight excluding hydrogens is 490 g/mol. The highest BCUT2D eigenvalue weighted by Gasteiger charge is 2.38. The molecule has 202 valence electrons. The Bertz CT molecular complexity index is 1130. The van der Waals surface area contributed by atoms with E-state index in [4.69, 9.17) is 14.2 Å². The normalized spacial score (nSPS) is 18.7. The number of hydrogen-bond acceptors (Lipinski definition) is 7. The van der Waals surface area contributed by atoms with Gasteiger partial charge in [0, 0.05) is 6.42 Å². The van der Waals surface area contributed by atoms with Crippen LogP contribution < -0.4 is 20.7 Å². The van der Waals surface area contributed by atoms with E-state index in [2.05, 4.69) is 16.0 Å². The van der Waals surface area contributed by atoms with Crippen molar-refractivity contribution in [1.29, 1.82) is 0 Å². The van der Waals surface area contributed by atoms with Crippen LogP contribution in [0.25, 0.3) is 0 Å². The van der Waals surface area contributed by atoms with Gasteiger partial charge in [-0.05, 0) is 36.6 Å². The van der Waals surface area contributed by atoms with Crippen LogP contribution in [0.2, 0.25) is 0 Å². The van der Waals surface area contributed by atoms with Gasteiger partial charge in [-0.3, -0.25) is 19.2 Å². The van der Waals surface area contributed by atoms with Crippen molar-refractivity contribution in [2.24, 2.45) is 5.92 Å². The predicted octanol–water partition coefficient (Wildman–Crippen LogP) is 0.569. The van der Waals surface area contributed by atoms with Crippen LogP contribution in [-0.2, 0) is 41.5 Å². The maximum absolute atomic E-state index is 13.5. The molecule has 38 heavy (non-hydrogen) atoms. The summed E-state index contributed by atoms with van der Waals surface area (Å²) in [5.74, 6) is -1.11. The Labute approximate surface area is 221 Å². The average Bonchev–Trinajstić information content (AvgIpc) is 3.73. The zero-order valence-electron chi connectivity index (χ0n) is 21.5. The quantitative estimate of drug-likeness (QED) is 0.327. The van der Waals surface area contributed by atoms with E-state index in [1.165, 1.54) is 0 Å². The summed E-state index contributed by atoms with van der Waals surface area (Å²) < 4.78 is 15.4. The Hall–Kier alpha value is -3.76. The molecule has 2 aliphatic heterocycles. The molecule has 2 fully saturated rings. The number of benzene rings is 2. The summed E-state index contributed by atoms with van der Waals surface area (Å²) in [7, 11) is 1.56. The number of nitrogens with one attached hydrogen (secondary N) is 3. The number of rotatable bonds is 13. The number of hydrogen-bond donors (Lipinski definition) is 3. The summed E-state index contributed by atoms with van der Waals surface area (Å²) in [4.78, 5) is 51.7. The third-order valence-electron chi connectivity index (χ3n) is 6.59. The first-order valence-electron chi connectivity index (χ1n) is 12.6. The van der Waals surface area contributed by atoms with Crippen LogP contribution in [0.1, 0.15) is 18.1 Å². The molecule has 2 saturated heterocycles. The van der Waals surface area contributed by atoms with Crippen molar-refractivity contribution in [3.05, 3.63) is 65.7 Å². The van der Waals surface area contributed by atoms with Crippen molar-refractivity contribution in [2.75, 3.05) is 26.9 Å². The average molecular weight is 524 g/mol. The van der Waals surface area contributed by atoms with E-state index in [1.807, 2.05) is 30.3 Å². The third-order valence-corrected chi connectivity index (χ3v) is 6.59. The largest absolute Gasteiger partial charge is 0.497 e. The molecule has 10 nitrogen and oxygen atoms in total. The molecule has 3 amide bonds. The second-order valence-corrected chi connectivity index (χ2v) is 9.55. The van der Waals surface area contributed by atoms with E-state index in [1.54, 1.807) is 38.3 Å². The maximum atomic E-state index is 13.5. The zero-order chi connectivity index (χ0) is 27.1. The van der Waals surface area contributed by atoms with Gasteiger partial charge in [0.1, 0.15) is 23.9 Å². The lowest BCUT2D eigenvalue weighted by atomic mass is 9.99. The minimum absolute atomic E-state index is 0.172. The summed E-state index contributed by atoms with van der Waals surface area (Å²) in [6.45, 7) is 2.53. The van der Waals surface area contributed by atoms with Crippen LogP contribution in [0.3, 0.4) is 0 Å². The van der Waals surface area contributed by atoms with Gasteiger partial charge in [0.15, 0.2) is 5.78 Å². The topological polar surface area (TPSA) is 135 Å². The first-order chi connectivity index (χ1) is 18.3. The minimum Gasteiger partial charge on any atom is -0.497 e. The van der Waals surface area contributed by atoms with Crippen molar-refractivity contribution >= 4 is 23.5 Å². The monoisotopic (exact) mass is 523 g/mol. The van der Waals surface area contributed by atoms with Crippen LogP contribution in [0, 0.1) is 5.92 Å². The van der Waals surface area contributed by atoms with Crippen LogP contribution in [0.15, 0.2) is 54.6 Å². The molecular formula is C28H33N3O7. The van der Waals surface area contributed by atoms with Gasteiger partial charge in [0.05, 0.1) is 38.9 Å². The van der Waals surface area contributed by atoms with Crippen molar-refractivity contribution in [2.45, 2.75) is 44.0 Å². The highest BCUT2D eigenvalue weighted by Crippen LogP contribution is 2.17.